The molecular weight excluding hydrogens is 248 g/mol. The average molecular weight is 268 g/mol. The van der Waals surface area contributed by atoms with Crippen LogP contribution < -0.4 is 18.9 Å². The molecule has 0 bridgehead atoms. The zero-order valence-electron chi connectivity index (χ0n) is 12.0. The van der Waals surface area contributed by atoms with Crippen molar-refractivity contribution in [1.82, 2.24) is 0 Å². The third-order valence-corrected chi connectivity index (χ3v) is 2.75. The highest BCUT2D eigenvalue weighted by Crippen LogP contribution is 2.41. The summed E-state index contributed by atoms with van der Waals surface area (Å²) in [5, 5.41) is 0. The van der Waals surface area contributed by atoms with Gasteiger partial charge in [-0.2, -0.15) is 0 Å². The van der Waals surface area contributed by atoms with Crippen LogP contribution in [0.1, 0.15) is 20.3 Å². The van der Waals surface area contributed by atoms with E-state index in [1.807, 2.05) is 0 Å². The van der Waals surface area contributed by atoms with Gasteiger partial charge in [-0.25, -0.2) is 0 Å². The molecule has 1 atom stereocenters. The van der Waals surface area contributed by atoms with Crippen molar-refractivity contribution in [3.8, 4) is 23.0 Å². The zero-order valence-corrected chi connectivity index (χ0v) is 12.0. The molecule has 5 nitrogen and oxygen atoms in total. The van der Waals surface area contributed by atoms with E-state index >= 15 is 0 Å². The molecule has 0 aliphatic heterocycles. The molecule has 0 fully saturated rings. The number of rotatable bonds is 7. The fourth-order valence-corrected chi connectivity index (χ4v) is 1.68. The summed E-state index contributed by atoms with van der Waals surface area (Å²) in [4.78, 5) is 11.5. The monoisotopic (exact) mass is 268 g/mol. The van der Waals surface area contributed by atoms with E-state index in [2.05, 4.69) is 0 Å². The Kier molecular flexibility index (Phi) is 5.48. The van der Waals surface area contributed by atoms with Crippen LogP contribution in [0.3, 0.4) is 0 Å². The fraction of sp³-hybridized carbons (Fsp3) is 0.500. The Labute approximate surface area is 113 Å². The highest BCUT2D eigenvalue weighted by Gasteiger charge is 2.17. The van der Waals surface area contributed by atoms with Crippen molar-refractivity contribution in [2.24, 2.45) is 0 Å². The molecule has 19 heavy (non-hydrogen) atoms. The van der Waals surface area contributed by atoms with Crippen molar-refractivity contribution in [2.45, 2.75) is 26.4 Å². The van der Waals surface area contributed by atoms with E-state index < -0.39 is 6.10 Å². The second-order valence-electron chi connectivity index (χ2n) is 3.94. The summed E-state index contributed by atoms with van der Waals surface area (Å²) in [6.07, 6.45) is -0.0706. The summed E-state index contributed by atoms with van der Waals surface area (Å²) >= 11 is 0. The molecule has 0 spiro atoms. The number of carbonyl (C=O) groups excluding carboxylic acids is 1. The van der Waals surface area contributed by atoms with Crippen molar-refractivity contribution in [3.05, 3.63) is 12.1 Å². The van der Waals surface area contributed by atoms with Gasteiger partial charge in [-0.1, -0.05) is 6.92 Å². The molecule has 1 unspecified atom stereocenters. The van der Waals surface area contributed by atoms with Gasteiger partial charge in [0.1, 0.15) is 5.75 Å². The maximum Gasteiger partial charge on any atom is 0.203 e. The van der Waals surface area contributed by atoms with Crippen LogP contribution in [-0.4, -0.2) is 33.2 Å². The summed E-state index contributed by atoms with van der Waals surface area (Å²) in [5.41, 5.74) is 0. The number of ketones is 1. The van der Waals surface area contributed by atoms with Crippen molar-refractivity contribution < 1.29 is 23.7 Å². The summed E-state index contributed by atoms with van der Waals surface area (Å²) in [6, 6.07) is 3.33. The molecule has 106 valence electrons. The third kappa shape index (κ3) is 3.53. The lowest BCUT2D eigenvalue weighted by Crippen LogP contribution is -2.22. The molecule has 0 radical (unpaired) electrons. The normalized spacial score (nSPS) is 11.6. The van der Waals surface area contributed by atoms with Crippen LogP contribution in [0.25, 0.3) is 0 Å². The molecule has 5 heteroatoms. The molecule has 1 rings (SSSR count). The molecule has 0 aliphatic rings. The van der Waals surface area contributed by atoms with Gasteiger partial charge in [0.2, 0.25) is 5.75 Å². The Morgan fingerprint density at radius 1 is 1.11 bits per heavy atom. The SMILES string of the molecule is CCC(=O)C(C)Oc1cc(OC)c(OC)c(OC)c1. The Bertz CT molecular complexity index is 416. The first-order valence-corrected chi connectivity index (χ1v) is 6.06. The number of carbonyl (C=O) groups is 1. The molecule has 0 aromatic heterocycles. The van der Waals surface area contributed by atoms with Crippen LogP contribution in [0.15, 0.2) is 12.1 Å². The summed E-state index contributed by atoms with van der Waals surface area (Å²) in [5.74, 6) is 2.02. The Morgan fingerprint density at radius 2 is 1.63 bits per heavy atom. The lowest BCUT2D eigenvalue weighted by molar-refractivity contribution is -0.124. The summed E-state index contributed by atoms with van der Waals surface area (Å²) in [7, 11) is 4.59. The van der Waals surface area contributed by atoms with Crippen molar-refractivity contribution in [3.63, 3.8) is 0 Å². The van der Waals surface area contributed by atoms with E-state index in [0.29, 0.717) is 29.4 Å². The van der Waals surface area contributed by atoms with E-state index in [9.17, 15) is 4.79 Å². The summed E-state index contributed by atoms with van der Waals surface area (Å²) in [6.45, 7) is 3.52. The number of hydrogen-bond acceptors (Lipinski definition) is 5. The number of hydrogen-bond donors (Lipinski definition) is 0. The Balaban J connectivity index is 3.06. The first-order valence-electron chi connectivity index (χ1n) is 6.06. The van der Waals surface area contributed by atoms with E-state index in [4.69, 9.17) is 18.9 Å². The number of benzene rings is 1. The van der Waals surface area contributed by atoms with Crippen LogP contribution >= 0.6 is 0 Å². The zero-order chi connectivity index (χ0) is 14.4. The van der Waals surface area contributed by atoms with E-state index in [0.717, 1.165) is 0 Å². The van der Waals surface area contributed by atoms with Gasteiger partial charge in [0, 0.05) is 18.6 Å². The smallest absolute Gasteiger partial charge is 0.203 e. The van der Waals surface area contributed by atoms with Gasteiger partial charge in [0.15, 0.2) is 23.4 Å². The predicted molar refractivity (Wildman–Crippen MR) is 71.5 cm³/mol. The highest BCUT2D eigenvalue weighted by atomic mass is 16.5. The van der Waals surface area contributed by atoms with Gasteiger partial charge in [0.05, 0.1) is 21.3 Å². The van der Waals surface area contributed by atoms with Gasteiger partial charge >= 0.3 is 0 Å². The second-order valence-corrected chi connectivity index (χ2v) is 3.94. The summed E-state index contributed by atoms with van der Waals surface area (Å²) < 4.78 is 21.2. The molecule has 0 saturated carbocycles. The molecule has 0 saturated heterocycles. The maximum atomic E-state index is 11.5. The standard InChI is InChI=1S/C14H20O5/c1-6-11(15)9(2)19-10-7-12(16-3)14(18-5)13(8-10)17-4/h7-9H,6H2,1-5H3. The van der Waals surface area contributed by atoms with Crippen molar-refractivity contribution >= 4 is 5.78 Å². The van der Waals surface area contributed by atoms with Gasteiger partial charge in [-0.15, -0.1) is 0 Å². The van der Waals surface area contributed by atoms with Gasteiger partial charge in [0.25, 0.3) is 0 Å². The third-order valence-electron chi connectivity index (χ3n) is 2.75. The number of Topliss-reactive ketones (excluding diaryl/α,β-unsaturated/α-hetero) is 1. The van der Waals surface area contributed by atoms with Crippen LogP contribution in [0.4, 0.5) is 0 Å². The van der Waals surface area contributed by atoms with Crippen molar-refractivity contribution in [1.29, 1.82) is 0 Å². The largest absolute Gasteiger partial charge is 0.493 e. The molecule has 0 aliphatic carbocycles. The van der Waals surface area contributed by atoms with Crippen LogP contribution in [0.2, 0.25) is 0 Å². The maximum absolute atomic E-state index is 11.5. The predicted octanol–water partition coefficient (Wildman–Crippen LogP) is 2.46. The van der Waals surface area contributed by atoms with Gasteiger partial charge in [-0.3, -0.25) is 4.79 Å². The minimum absolute atomic E-state index is 0.0359. The van der Waals surface area contributed by atoms with Gasteiger partial charge < -0.3 is 18.9 Å². The van der Waals surface area contributed by atoms with E-state index in [1.165, 1.54) is 21.3 Å². The van der Waals surface area contributed by atoms with Crippen LogP contribution in [0.5, 0.6) is 23.0 Å². The first kappa shape index (κ1) is 15.1. The molecule has 0 heterocycles. The lowest BCUT2D eigenvalue weighted by Gasteiger charge is -2.17. The van der Waals surface area contributed by atoms with E-state index in [1.54, 1.807) is 26.0 Å². The lowest BCUT2D eigenvalue weighted by atomic mass is 10.2. The van der Waals surface area contributed by atoms with Crippen molar-refractivity contribution in [2.75, 3.05) is 21.3 Å². The number of ether oxygens (including phenoxy) is 4. The van der Waals surface area contributed by atoms with Gasteiger partial charge in [-0.05, 0) is 6.92 Å². The average Bonchev–Trinajstić information content (AvgIpc) is 2.44. The molecule has 1 aromatic rings. The van der Waals surface area contributed by atoms with Crippen LogP contribution in [0, 0.1) is 0 Å². The quantitative estimate of drug-likeness (QED) is 0.760. The minimum atomic E-state index is -0.507. The second kappa shape index (κ2) is 6.87. The molecule has 1 aromatic carbocycles. The number of methoxy groups -OCH3 is 3. The van der Waals surface area contributed by atoms with E-state index in [-0.39, 0.29) is 5.78 Å². The molecular formula is C14H20O5. The Hall–Kier alpha value is -1.91. The van der Waals surface area contributed by atoms with Crippen LogP contribution in [-0.2, 0) is 4.79 Å². The minimum Gasteiger partial charge on any atom is -0.493 e. The molecule has 0 N–H and O–H groups in total. The fourth-order valence-electron chi connectivity index (χ4n) is 1.68. The first-order chi connectivity index (χ1) is 9.07. The molecule has 0 amide bonds. The Morgan fingerprint density at radius 3 is 2.00 bits per heavy atom. The topological polar surface area (TPSA) is 54.0 Å². The highest BCUT2D eigenvalue weighted by molar-refractivity contribution is 5.82.